The molecule has 0 aromatic carbocycles. The molecule has 0 bridgehead atoms. The molecule has 20 heavy (non-hydrogen) atoms. The number of anilines is 1. The number of aryl methyl sites for hydroxylation is 2. The van der Waals surface area contributed by atoms with E-state index in [1.807, 2.05) is 6.07 Å². The highest BCUT2D eigenvalue weighted by Crippen LogP contribution is 2.19. The van der Waals surface area contributed by atoms with Gasteiger partial charge >= 0.3 is 0 Å². The second-order valence-electron chi connectivity index (χ2n) is 4.22. The van der Waals surface area contributed by atoms with Crippen LogP contribution in [0.25, 0.3) is 0 Å². The van der Waals surface area contributed by atoms with Gasteiger partial charge in [-0.1, -0.05) is 0 Å². The lowest BCUT2D eigenvalue weighted by Crippen LogP contribution is -2.16. The summed E-state index contributed by atoms with van der Waals surface area (Å²) in [6, 6.07) is 3.04. The Hall–Kier alpha value is -2.22. The quantitative estimate of drug-likeness (QED) is 0.688. The molecule has 0 atom stereocenters. The minimum atomic E-state index is -0.542. The highest BCUT2D eigenvalue weighted by molar-refractivity contribution is 9.10. The number of hydrogen-bond donors (Lipinski definition) is 1. The first-order valence-electron chi connectivity index (χ1n) is 5.62. The molecule has 0 saturated heterocycles. The van der Waals surface area contributed by atoms with Crippen molar-refractivity contribution in [3.8, 4) is 0 Å². The number of carbonyl (C=O) groups excluding carboxylic acids is 1. The molecule has 2 aromatic heterocycles. The van der Waals surface area contributed by atoms with E-state index < -0.39 is 10.8 Å². The summed E-state index contributed by atoms with van der Waals surface area (Å²) in [6.07, 6.45) is 2.85. The summed E-state index contributed by atoms with van der Waals surface area (Å²) in [6.45, 7) is 1.81. The summed E-state index contributed by atoms with van der Waals surface area (Å²) in [4.78, 5) is 26.3. The zero-order valence-corrected chi connectivity index (χ0v) is 12.3. The third-order valence-electron chi connectivity index (χ3n) is 2.71. The summed E-state index contributed by atoms with van der Waals surface area (Å²) < 4.78 is 2.21. The Morgan fingerprint density at radius 2 is 2.20 bits per heavy atom. The van der Waals surface area contributed by atoms with Crippen molar-refractivity contribution < 1.29 is 9.72 Å². The van der Waals surface area contributed by atoms with Crippen LogP contribution in [0.4, 0.5) is 11.5 Å². The van der Waals surface area contributed by atoms with Gasteiger partial charge in [0.15, 0.2) is 0 Å². The van der Waals surface area contributed by atoms with Crippen molar-refractivity contribution in [2.75, 3.05) is 5.32 Å². The number of nitrogens with zero attached hydrogens (tertiary/aromatic N) is 3. The molecule has 2 heterocycles. The van der Waals surface area contributed by atoms with Gasteiger partial charge in [0.05, 0.1) is 11.1 Å². The van der Waals surface area contributed by atoms with E-state index in [2.05, 4.69) is 26.2 Å². The molecule has 104 valence electrons. The highest BCUT2D eigenvalue weighted by atomic mass is 79.9. The largest absolute Gasteiger partial charge is 0.340 e. The standard InChI is InChI=1S/C12H11BrN4O3/c1-7-3-8(13)5-14-11(7)15-12(18)10-4-9(17(19)20)6-16(10)2/h3-6H,1-2H3,(H,14,15,18). The topological polar surface area (TPSA) is 90.1 Å². The van der Waals surface area contributed by atoms with Crippen molar-refractivity contribution in [2.45, 2.75) is 6.92 Å². The second-order valence-corrected chi connectivity index (χ2v) is 5.14. The first-order chi connectivity index (χ1) is 9.38. The maximum Gasteiger partial charge on any atom is 0.287 e. The van der Waals surface area contributed by atoms with E-state index in [0.29, 0.717) is 5.82 Å². The number of halogens is 1. The Morgan fingerprint density at radius 3 is 2.75 bits per heavy atom. The van der Waals surface area contributed by atoms with Gasteiger partial charge in [0, 0.05) is 23.8 Å². The lowest BCUT2D eigenvalue weighted by Gasteiger charge is -2.07. The fourth-order valence-electron chi connectivity index (χ4n) is 1.72. The van der Waals surface area contributed by atoms with Crippen molar-refractivity contribution in [1.29, 1.82) is 0 Å². The predicted molar refractivity (Wildman–Crippen MR) is 76.7 cm³/mol. The maximum atomic E-state index is 12.1. The Bertz CT molecular complexity index is 696. The van der Waals surface area contributed by atoms with Crippen LogP contribution in [-0.4, -0.2) is 20.4 Å². The van der Waals surface area contributed by atoms with Gasteiger partial charge in [-0.2, -0.15) is 0 Å². The van der Waals surface area contributed by atoms with E-state index in [1.165, 1.54) is 16.8 Å². The summed E-state index contributed by atoms with van der Waals surface area (Å²) in [5.41, 5.74) is 0.857. The Kier molecular flexibility index (Phi) is 3.84. The van der Waals surface area contributed by atoms with Gasteiger partial charge in [0.25, 0.3) is 11.6 Å². The van der Waals surface area contributed by atoms with E-state index in [1.54, 1.807) is 20.2 Å². The van der Waals surface area contributed by atoms with E-state index >= 15 is 0 Å². The number of amides is 1. The second kappa shape index (κ2) is 5.41. The van der Waals surface area contributed by atoms with E-state index in [-0.39, 0.29) is 11.4 Å². The molecule has 0 unspecified atom stereocenters. The average Bonchev–Trinajstić information content (AvgIpc) is 2.75. The summed E-state index contributed by atoms with van der Waals surface area (Å²) in [7, 11) is 1.57. The van der Waals surface area contributed by atoms with Crippen molar-refractivity contribution in [3.05, 3.63) is 50.4 Å². The summed E-state index contributed by atoms with van der Waals surface area (Å²) in [5, 5.41) is 13.3. The van der Waals surface area contributed by atoms with Crippen LogP contribution >= 0.6 is 15.9 Å². The third-order valence-corrected chi connectivity index (χ3v) is 3.14. The Morgan fingerprint density at radius 1 is 1.50 bits per heavy atom. The minimum Gasteiger partial charge on any atom is -0.340 e. The number of nitrogens with one attached hydrogen (secondary N) is 1. The highest BCUT2D eigenvalue weighted by Gasteiger charge is 2.18. The van der Waals surface area contributed by atoms with E-state index in [0.717, 1.165) is 10.0 Å². The van der Waals surface area contributed by atoms with Crippen LogP contribution in [0.1, 0.15) is 16.1 Å². The van der Waals surface area contributed by atoms with Crippen LogP contribution in [0.2, 0.25) is 0 Å². The zero-order valence-electron chi connectivity index (χ0n) is 10.8. The third kappa shape index (κ3) is 2.85. The molecular formula is C12H11BrN4O3. The first-order valence-corrected chi connectivity index (χ1v) is 6.42. The Balaban J connectivity index is 2.26. The molecular weight excluding hydrogens is 328 g/mol. The van der Waals surface area contributed by atoms with Crippen LogP contribution in [0.5, 0.6) is 0 Å². The fourth-order valence-corrected chi connectivity index (χ4v) is 2.16. The monoisotopic (exact) mass is 338 g/mol. The number of aromatic nitrogens is 2. The number of rotatable bonds is 3. The average molecular weight is 339 g/mol. The molecule has 1 N–H and O–H groups in total. The SMILES string of the molecule is Cc1cc(Br)cnc1NC(=O)c1cc([N+](=O)[O-])cn1C. The maximum absolute atomic E-state index is 12.1. The van der Waals surface area contributed by atoms with Gasteiger partial charge in [-0.3, -0.25) is 14.9 Å². The van der Waals surface area contributed by atoms with Gasteiger partial charge in [-0.05, 0) is 34.5 Å². The molecule has 2 aromatic rings. The van der Waals surface area contributed by atoms with E-state index in [4.69, 9.17) is 0 Å². The number of carbonyl (C=O) groups is 1. The lowest BCUT2D eigenvalue weighted by molar-refractivity contribution is -0.384. The minimum absolute atomic E-state index is 0.127. The first kappa shape index (κ1) is 14.2. The fraction of sp³-hybridized carbons (Fsp3) is 0.167. The molecule has 8 heteroatoms. The molecule has 1 amide bonds. The molecule has 7 nitrogen and oxygen atoms in total. The van der Waals surface area contributed by atoms with Gasteiger partial charge in [-0.15, -0.1) is 0 Å². The molecule has 0 saturated carbocycles. The molecule has 0 aliphatic heterocycles. The normalized spacial score (nSPS) is 10.3. The van der Waals surface area contributed by atoms with Crippen molar-refractivity contribution in [2.24, 2.45) is 7.05 Å². The molecule has 0 radical (unpaired) electrons. The Labute approximate surface area is 122 Å². The van der Waals surface area contributed by atoms with Crippen molar-refractivity contribution in [3.63, 3.8) is 0 Å². The smallest absolute Gasteiger partial charge is 0.287 e. The molecule has 0 fully saturated rings. The van der Waals surface area contributed by atoms with Crippen molar-refractivity contribution >= 4 is 33.3 Å². The molecule has 0 aliphatic carbocycles. The predicted octanol–water partition coefficient (Wildman–Crippen LogP) is 2.65. The summed E-state index contributed by atoms with van der Waals surface area (Å²) in [5.74, 6) is -0.0272. The van der Waals surface area contributed by atoms with Crippen LogP contribution in [-0.2, 0) is 7.05 Å². The molecule has 0 spiro atoms. The summed E-state index contributed by atoms with van der Waals surface area (Å²) >= 11 is 3.28. The van der Waals surface area contributed by atoms with Gasteiger partial charge in [0.1, 0.15) is 11.5 Å². The van der Waals surface area contributed by atoms with Crippen LogP contribution in [0, 0.1) is 17.0 Å². The zero-order chi connectivity index (χ0) is 14.9. The van der Waals surface area contributed by atoms with Crippen LogP contribution in [0.15, 0.2) is 29.0 Å². The lowest BCUT2D eigenvalue weighted by atomic mass is 10.3. The van der Waals surface area contributed by atoms with Crippen molar-refractivity contribution in [1.82, 2.24) is 9.55 Å². The van der Waals surface area contributed by atoms with Gasteiger partial charge in [-0.25, -0.2) is 4.98 Å². The number of nitro groups is 1. The number of pyridine rings is 1. The molecule has 2 rings (SSSR count). The molecule has 0 aliphatic rings. The van der Waals surface area contributed by atoms with Gasteiger partial charge in [0.2, 0.25) is 0 Å². The van der Waals surface area contributed by atoms with Crippen LogP contribution < -0.4 is 5.32 Å². The number of hydrogen-bond acceptors (Lipinski definition) is 4. The van der Waals surface area contributed by atoms with E-state index in [9.17, 15) is 14.9 Å². The van der Waals surface area contributed by atoms with Crippen LogP contribution in [0.3, 0.4) is 0 Å². The van der Waals surface area contributed by atoms with Gasteiger partial charge < -0.3 is 9.88 Å².